The molecule has 1 amide bonds. The zero-order valence-corrected chi connectivity index (χ0v) is 16.1. The summed E-state index contributed by atoms with van der Waals surface area (Å²) in [5, 5.41) is 13.0. The topological polar surface area (TPSA) is 129 Å². The van der Waals surface area contributed by atoms with Crippen molar-refractivity contribution in [2.24, 2.45) is 16.6 Å². The van der Waals surface area contributed by atoms with E-state index in [4.69, 9.17) is 15.9 Å². The fourth-order valence-corrected chi connectivity index (χ4v) is 3.35. The van der Waals surface area contributed by atoms with Crippen LogP contribution in [0.1, 0.15) is 12.8 Å². The third-order valence-electron chi connectivity index (χ3n) is 4.80. The molecule has 0 bridgehead atoms. The van der Waals surface area contributed by atoms with E-state index in [2.05, 4.69) is 25.5 Å². The SMILES string of the molecule is COCC1CCN(c2ccncc2NC(=O)/C(C(=N)N)=C2\N=CC(F)=CN2)CC1. The van der Waals surface area contributed by atoms with Crippen LogP contribution in [0.3, 0.4) is 0 Å². The number of piperidine rings is 1. The average molecular weight is 401 g/mol. The minimum absolute atomic E-state index is 0.00206. The van der Waals surface area contributed by atoms with Crippen LogP contribution in [0.2, 0.25) is 0 Å². The summed E-state index contributed by atoms with van der Waals surface area (Å²) in [5.41, 5.74) is 6.74. The maximum atomic E-state index is 13.1. The van der Waals surface area contributed by atoms with E-state index in [0.717, 1.165) is 50.6 Å². The molecule has 0 radical (unpaired) electrons. The van der Waals surface area contributed by atoms with E-state index >= 15 is 0 Å². The van der Waals surface area contributed by atoms with E-state index in [9.17, 15) is 9.18 Å². The highest BCUT2D eigenvalue weighted by Gasteiger charge is 2.24. The van der Waals surface area contributed by atoms with Crippen LogP contribution in [0.15, 0.2) is 46.9 Å². The van der Waals surface area contributed by atoms with E-state index in [1.165, 1.54) is 0 Å². The Hall–Kier alpha value is -3.27. The number of nitrogens with one attached hydrogen (secondary N) is 3. The molecule has 0 aliphatic carbocycles. The van der Waals surface area contributed by atoms with Gasteiger partial charge in [0.2, 0.25) is 0 Å². The van der Waals surface area contributed by atoms with Crippen LogP contribution >= 0.6 is 0 Å². The van der Waals surface area contributed by atoms with Gasteiger partial charge in [0.1, 0.15) is 17.2 Å². The summed E-state index contributed by atoms with van der Waals surface area (Å²) >= 11 is 0. The lowest BCUT2D eigenvalue weighted by atomic mass is 9.97. The maximum Gasteiger partial charge on any atom is 0.263 e. The second-order valence-corrected chi connectivity index (χ2v) is 6.80. The number of ether oxygens (including phenoxy) is 1. The first-order chi connectivity index (χ1) is 14.0. The van der Waals surface area contributed by atoms with Gasteiger partial charge in [-0.15, -0.1) is 0 Å². The number of carbonyl (C=O) groups is 1. The fraction of sp³-hybridized carbons (Fsp3) is 0.368. The number of aliphatic imine (C=N–C) groups is 1. The number of rotatable bonds is 6. The number of nitrogens with two attached hydrogens (primary N) is 1. The number of allylic oxidation sites excluding steroid dienone is 1. The molecule has 0 aromatic carbocycles. The number of amides is 1. The van der Waals surface area contributed by atoms with Crippen molar-refractivity contribution in [1.82, 2.24) is 10.3 Å². The normalized spacial score (nSPS) is 18.7. The zero-order valence-electron chi connectivity index (χ0n) is 16.1. The van der Waals surface area contributed by atoms with Gasteiger partial charge < -0.3 is 26.0 Å². The summed E-state index contributed by atoms with van der Waals surface area (Å²) < 4.78 is 18.4. The van der Waals surface area contributed by atoms with E-state index in [1.54, 1.807) is 19.5 Å². The number of anilines is 2. The predicted octanol–water partition coefficient (Wildman–Crippen LogP) is 1.52. The molecular weight excluding hydrogens is 377 g/mol. The largest absolute Gasteiger partial charge is 0.384 e. The molecule has 10 heteroatoms. The predicted molar refractivity (Wildman–Crippen MR) is 109 cm³/mol. The Morgan fingerprint density at radius 3 is 2.86 bits per heavy atom. The van der Waals surface area contributed by atoms with Gasteiger partial charge in [-0.25, -0.2) is 9.38 Å². The molecule has 0 atom stereocenters. The molecule has 1 aromatic heterocycles. The first-order valence-corrected chi connectivity index (χ1v) is 9.23. The molecule has 0 spiro atoms. The number of hydrogen-bond acceptors (Lipinski definition) is 7. The second-order valence-electron chi connectivity index (χ2n) is 6.80. The maximum absolute atomic E-state index is 13.1. The monoisotopic (exact) mass is 401 g/mol. The van der Waals surface area contributed by atoms with Crippen LogP contribution < -0.4 is 21.3 Å². The molecule has 5 N–H and O–H groups in total. The summed E-state index contributed by atoms with van der Waals surface area (Å²) in [6.07, 6.45) is 7.18. The Bertz CT molecular complexity index is 873. The van der Waals surface area contributed by atoms with Crippen molar-refractivity contribution in [3.63, 3.8) is 0 Å². The molecule has 9 nitrogen and oxygen atoms in total. The van der Waals surface area contributed by atoms with E-state index in [1.807, 2.05) is 6.07 Å². The minimum Gasteiger partial charge on any atom is -0.384 e. The molecule has 2 aliphatic rings. The van der Waals surface area contributed by atoms with Crippen molar-refractivity contribution in [3.8, 4) is 0 Å². The van der Waals surface area contributed by atoms with Crippen LogP contribution in [-0.4, -0.2) is 49.7 Å². The first kappa shape index (κ1) is 20.5. The molecule has 2 aliphatic heterocycles. The third kappa shape index (κ3) is 4.96. The van der Waals surface area contributed by atoms with Gasteiger partial charge in [0.15, 0.2) is 5.83 Å². The van der Waals surface area contributed by atoms with Crippen molar-refractivity contribution in [1.29, 1.82) is 5.41 Å². The van der Waals surface area contributed by atoms with Gasteiger partial charge in [0.25, 0.3) is 5.91 Å². The number of halogens is 1. The lowest BCUT2D eigenvalue weighted by molar-refractivity contribution is -0.112. The fourth-order valence-electron chi connectivity index (χ4n) is 3.35. The number of carbonyl (C=O) groups excluding carboxylic acids is 1. The molecule has 1 saturated heterocycles. The average Bonchev–Trinajstić information content (AvgIpc) is 2.71. The Balaban J connectivity index is 1.78. The molecular formula is C19H24FN7O2. The van der Waals surface area contributed by atoms with Crippen LogP contribution in [0, 0.1) is 11.3 Å². The van der Waals surface area contributed by atoms with Gasteiger partial charge in [-0.3, -0.25) is 15.2 Å². The van der Waals surface area contributed by atoms with Crippen molar-refractivity contribution in [2.75, 3.05) is 37.0 Å². The Morgan fingerprint density at radius 1 is 1.48 bits per heavy atom. The highest BCUT2D eigenvalue weighted by atomic mass is 19.1. The smallest absolute Gasteiger partial charge is 0.263 e. The van der Waals surface area contributed by atoms with Gasteiger partial charge in [-0.2, -0.15) is 0 Å². The lowest BCUT2D eigenvalue weighted by Gasteiger charge is -2.34. The lowest BCUT2D eigenvalue weighted by Crippen LogP contribution is -2.36. The summed E-state index contributed by atoms with van der Waals surface area (Å²) in [7, 11) is 1.71. The molecule has 154 valence electrons. The van der Waals surface area contributed by atoms with E-state index < -0.39 is 17.6 Å². The molecule has 1 fully saturated rings. The summed E-state index contributed by atoms with van der Waals surface area (Å²) in [4.78, 5) is 22.9. The zero-order chi connectivity index (χ0) is 20.8. The van der Waals surface area contributed by atoms with Crippen LogP contribution in [0.25, 0.3) is 0 Å². The van der Waals surface area contributed by atoms with Gasteiger partial charge in [0.05, 0.1) is 23.8 Å². The molecule has 1 aromatic rings. The highest BCUT2D eigenvalue weighted by molar-refractivity contribution is 6.24. The summed E-state index contributed by atoms with van der Waals surface area (Å²) in [5.74, 6) is -1.18. The molecule has 0 saturated carbocycles. The number of nitrogens with zero attached hydrogens (tertiary/aromatic N) is 3. The molecule has 0 unspecified atom stereocenters. The van der Waals surface area contributed by atoms with Crippen molar-refractivity contribution in [2.45, 2.75) is 12.8 Å². The van der Waals surface area contributed by atoms with E-state index in [-0.39, 0.29) is 11.4 Å². The molecule has 3 heterocycles. The molecule has 3 rings (SSSR count). The standard InChI is InChI=1S/C19H24FN7O2/c1-29-11-12-3-6-27(7-4-12)15-2-5-23-10-14(15)26-19(28)16(17(21)22)18-24-8-13(20)9-25-18/h2,5,8-10,12,24H,3-4,6-7,11H2,1H3,(H3,21,22)(H,26,28)/b18-16-. The molecule has 29 heavy (non-hydrogen) atoms. The van der Waals surface area contributed by atoms with Crippen LogP contribution in [0.4, 0.5) is 15.8 Å². The second kappa shape index (κ2) is 9.28. The summed E-state index contributed by atoms with van der Waals surface area (Å²) in [6.45, 7) is 2.40. The van der Waals surface area contributed by atoms with Gasteiger partial charge >= 0.3 is 0 Å². The summed E-state index contributed by atoms with van der Waals surface area (Å²) in [6, 6.07) is 1.84. The van der Waals surface area contributed by atoms with Crippen molar-refractivity contribution < 1.29 is 13.9 Å². The first-order valence-electron chi connectivity index (χ1n) is 9.23. The van der Waals surface area contributed by atoms with Gasteiger partial charge in [-0.05, 0) is 24.8 Å². The van der Waals surface area contributed by atoms with Gasteiger partial charge in [0, 0.05) is 39.2 Å². The number of amidine groups is 1. The number of aromatic nitrogens is 1. The number of pyridine rings is 1. The Kier molecular flexibility index (Phi) is 6.55. The van der Waals surface area contributed by atoms with Crippen LogP contribution in [-0.2, 0) is 9.53 Å². The number of methoxy groups -OCH3 is 1. The third-order valence-corrected chi connectivity index (χ3v) is 4.80. The Labute approximate surface area is 168 Å². The van der Waals surface area contributed by atoms with Gasteiger partial charge in [-0.1, -0.05) is 0 Å². The van der Waals surface area contributed by atoms with E-state index in [0.29, 0.717) is 11.6 Å². The quantitative estimate of drug-likeness (QED) is 0.325. The van der Waals surface area contributed by atoms with Crippen LogP contribution in [0.5, 0.6) is 0 Å². The van der Waals surface area contributed by atoms with Crippen molar-refractivity contribution in [3.05, 3.63) is 41.9 Å². The van der Waals surface area contributed by atoms with Crippen molar-refractivity contribution >= 4 is 29.3 Å². The Morgan fingerprint density at radius 2 is 2.24 bits per heavy atom. The number of hydrogen-bond donors (Lipinski definition) is 4. The highest BCUT2D eigenvalue weighted by Crippen LogP contribution is 2.29. The minimum atomic E-state index is -0.628.